The van der Waals surface area contributed by atoms with Crippen LogP contribution in [0.2, 0.25) is 0 Å². The predicted molar refractivity (Wildman–Crippen MR) is 80.6 cm³/mol. The smallest absolute Gasteiger partial charge is 0.182 e. The van der Waals surface area contributed by atoms with E-state index in [1.165, 1.54) is 16.9 Å². The van der Waals surface area contributed by atoms with E-state index in [9.17, 15) is 9.90 Å². The molecule has 5 nitrogen and oxygen atoms in total. The van der Waals surface area contributed by atoms with Crippen LogP contribution in [0.5, 0.6) is 5.75 Å². The Kier molecular flexibility index (Phi) is 5.57. The second-order valence-electron chi connectivity index (χ2n) is 4.47. The number of ether oxygens (including phenoxy) is 1. The molecule has 6 heteroatoms. The van der Waals surface area contributed by atoms with Crippen LogP contribution in [0.25, 0.3) is 0 Å². The van der Waals surface area contributed by atoms with Gasteiger partial charge in [-0.15, -0.1) is 11.3 Å². The number of hydrogen-bond donors (Lipinski definition) is 1. The maximum Gasteiger partial charge on any atom is 0.182 e. The van der Waals surface area contributed by atoms with E-state index in [0.717, 1.165) is 12.2 Å². The third-order valence-electron chi connectivity index (χ3n) is 2.86. The molecule has 0 saturated heterocycles. The summed E-state index contributed by atoms with van der Waals surface area (Å²) in [5, 5.41) is 16.0. The summed E-state index contributed by atoms with van der Waals surface area (Å²) in [6, 6.07) is 8.02. The lowest BCUT2D eigenvalue weighted by Crippen LogP contribution is -2.24. The molecule has 0 atom stereocenters. The van der Waals surface area contributed by atoms with Crippen LogP contribution >= 0.6 is 11.3 Å². The van der Waals surface area contributed by atoms with Gasteiger partial charge in [0.1, 0.15) is 12.4 Å². The number of aliphatic carboxylic acids is 1. The van der Waals surface area contributed by atoms with E-state index in [2.05, 4.69) is 29.4 Å². The van der Waals surface area contributed by atoms with Gasteiger partial charge in [0, 0.05) is 17.8 Å². The third-order valence-corrected chi connectivity index (χ3v) is 3.70. The van der Waals surface area contributed by atoms with Crippen LogP contribution in [-0.2, 0) is 17.6 Å². The van der Waals surface area contributed by atoms with Crippen molar-refractivity contribution in [1.29, 1.82) is 0 Å². The number of carbonyl (C=O) groups excluding carboxylic acids is 1. The van der Waals surface area contributed by atoms with E-state index in [1.54, 1.807) is 5.38 Å². The van der Waals surface area contributed by atoms with E-state index in [0.29, 0.717) is 24.0 Å². The second-order valence-corrected chi connectivity index (χ2v) is 5.32. The van der Waals surface area contributed by atoms with Gasteiger partial charge < -0.3 is 20.0 Å². The molecule has 1 N–H and O–H groups in total. The maximum absolute atomic E-state index is 10.5. The normalized spacial score (nSPS) is 10.3. The van der Waals surface area contributed by atoms with E-state index in [4.69, 9.17) is 4.74 Å². The van der Waals surface area contributed by atoms with Crippen molar-refractivity contribution in [2.45, 2.75) is 19.8 Å². The van der Waals surface area contributed by atoms with Gasteiger partial charge in [-0.05, 0) is 24.1 Å². The fourth-order valence-corrected chi connectivity index (χ4v) is 2.50. The molecule has 0 radical (unpaired) electrons. The zero-order valence-corrected chi connectivity index (χ0v) is 12.6. The molecule has 21 heavy (non-hydrogen) atoms. The Hall–Kier alpha value is -2.08. The first-order valence-electron chi connectivity index (χ1n) is 6.77. The van der Waals surface area contributed by atoms with Gasteiger partial charge >= 0.3 is 0 Å². The lowest BCUT2D eigenvalue weighted by atomic mass is 10.2. The first-order valence-corrected chi connectivity index (χ1v) is 7.65. The molecule has 112 valence electrons. The van der Waals surface area contributed by atoms with Gasteiger partial charge in [-0.25, -0.2) is 4.98 Å². The highest BCUT2D eigenvalue weighted by molar-refractivity contribution is 7.13. The average molecular weight is 305 g/mol. The van der Waals surface area contributed by atoms with Crippen molar-refractivity contribution in [3.8, 4) is 5.75 Å². The summed E-state index contributed by atoms with van der Waals surface area (Å²) in [6.07, 6.45) is 0.860. The Morgan fingerprint density at radius 1 is 1.38 bits per heavy atom. The van der Waals surface area contributed by atoms with Gasteiger partial charge in [0.25, 0.3) is 0 Å². The second kappa shape index (κ2) is 7.64. The maximum atomic E-state index is 10.5. The quantitative estimate of drug-likeness (QED) is 0.748. The number of carboxylic acid groups (broad SMARTS) is 1. The monoisotopic (exact) mass is 305 g/mol. The lowest BCUT2D eigenvalue weighted by Gasteiger charge is -2.07. The topological polar surface area (TPSA) is 74.3 Å². The van der Waals surface area contributed by atoms with Crippen LogP contribution in [0, 0.1) is 0 Å². The zero-order valence-electron chi connectivity index (χ0n) is 11.8. The highest BCUT2D eigenvalue weighted by atomic mass is 32.1. The van der Waals surface area contributed by atoms with E-state index < -0.39 is 5.97 Å². The summed E-state index contributed by atoms with van der Waals surface area (Å²) < 4.78 is 5.61. The molecule has 2 aromatic rings. The van der Waals surface area contributed by atoms with Crippen LogP contribution in [0.4, 0.5) is 5.13 Å². The summed E-state index contributed by atoms with van der Waals surface area (Å²) in [7, 11) is 0. The molecule has 0 aliphatic heterocycles. The van der Waals surface area contributed by atoms with Crippen molar-refractivity contribution in [2.75, 3.05) is 18.5 Å². The highest BCUT2D eigenvalue weighted by Crippen LogP contribution is 2.16. The van der Waals surface area contributed by atoms with Gasteiger partial charge in [0.15, 0.2) is 5.13 Å². The number of nitrogens with one attached hydrogen (secondary N) is 1. The van der Waals surface area contributed by atoms with Crippen molar-refractivity contribution in [1.82, 2.24) is 4.98 Å². The van der Waals surface area contributed by atoms with Crippen molar-refractivity contribution in [2.24, 2.45) is 0 Å². The fourth-order valence-electron chi connectivity index (χ4n) is 1.77. The summed E-state index contributed by atoms with van der Waals surface area (Å²) in [4.78, 5) is 14.6. The number of thiazole rings is 1. The molecular weight excluding hydrogens is 288 g/mol. The number of carboxylic acids is 1. The number of carbonyl (C=O) groups is 1. The van der Waals surface area contributed by atoms with Gasteiger partial charge in [0.2, 0.25) is 0 Å². The molecule has 1 aromatic heterocycles. The molecule has 0 aliphatic rings. The molecule has 0 fully saturated rings. The predicted octanol–water partition coefficient (Wildman–Crippen LogP) is 1.49. The Bertz CT molecular complexity index is 581. The number of hydrogen-bond acceptors (Lipinski definition) is 6. The van der Waals surface area contributed by atoms with Crippen LogP contribution in [0.3, 0.4) is 0 Å². The molecule has 0 unspecified atom stereocenters. The lowest BCUT2D eigenvalue weighted by molar-refractivity contribution is -0.304. The van der Waals surface area contributed by atoms with Crippen LogP contribution in [-0.4, -0.2) is 24.1 Å². The minimum atomic E-state index is -1.12. The third kappa shape index (κ3) is 5.07. The van der Waals surface area contributed by atoms with E-state index in [1.807, 2.05) is 12.1 Å². The summed E-state index contributed by atoms with van der Waals surface area (Å²) in [5.74, 6) is -0.281. The average Bonchev–Trinajstić information content (AvgIpc) is 2.91. The van der Waals surface area contributed by atoms with Crippen LogP contribution in [0.1, 0.15) is 18.2 Å². The molecule has 0 aliphatic carbocycles. The Morgan fingerprint density at radius 3 is 2.81 bits per heavy atom. The SMILES string of the molecule is CCc1ccc(OCCNc2nc(CC(=O)[O-])cs2)cc1. The van der Waals surface area contributed by atoms with Gasteiger partial charge in [0.05, 0.1) is 12.2 Å². The highest BCUT2D eigenvalue weighted by Gasteiger charge is 2.02. The largest absolute Gasteiger partial charge is 0.550 e. The molecule has 0 spiro atoms. The van der Waals surface area contributed by atoms with Gasteiger partial charge in [-0.1, -0.05) is 19.1 Å². The molecule has 1 aromatic carbocycles. The Balaban J connectivity index is 1.71. The van der Waals surface area contributed by atoms with Crippen LogP contribution < -0.4 is 15.2 Å². The number of aryl methyl sites for hydroxylation is 1. The number of anilines is 1. The summed E-state index contributed by atoms with van der Waals surface area (Å²) in [6.45, 7) is 3.23. The Labute approximate surface area is 127 Å². The van der Waals surface area contributed by atoms with Crippen molar-refractivity contribution >= 4 is 22.4 Å². The Morgan fingerprint density at radius 2 is 2.14 bits per heavy atom. The first-order chi connectivity index (χ1) is 10.2. The fraction of sp³-hybridized carbons (Fsp3) is 0.333. The molecule has 1 heterocycles. The number of nitrogens with zero attached hydrogens (tertiary/aromatic N) is 1. The standard InChI is InChI=1S/C15H18N2O3S/c1-2-11-3-5-13(6-4-11)20-8-7-16-15-17-12(10-21-15)9-14(18)19/h3-6,10H,2,7-9H2,1H3,(H,16,17)(H,18,19)/p-1. The van der Waals surface area contributed by atoms with E-state index >= 15 is 0 Å². The molecule has 0 amide bonds. The van der Waals surface area contributed by atoms with Gasteiger partial charge in [-0.2, -0.15) is 0 Å². The minimum absolute atomic E-state index is 0.154. The minimum Gasteiger partial charge on any atom is -0.550 e. The van der Waals surface area contributed by atoms with Gasteiger partial charge in [-0.3, -0.25) is 0 Å². The van der Waals surface area contributed by atoms with Crippen molar-refractivity contribution < 1.29 is 14.6 Å². The zero-order chi connectivity index (χ0) is 15.1. The van der Waals surface area contributed by atoms with E-state index in [-0.39, 0.29) is 6.42 Å². The summed E-state index contributed by atoms with van der Waals surface area (Å²) in [5.41, 5.74) is 1.79. The number of rotatable bonds is 8. The summed E-state index contributed by atoms with van der Waals surface area (Å²) >= 11 is 1.37. The first kappa shape index (κ1) is 15.3. The van der Waals surface area contributed by atoms with Crippen molar-refractivity contribution in [3.05, 3.63) is 40.9 Å². The number of benzene rings is 1. The molecule has 0 saturated carbocycles. The molecule has 0 bridgehead atoms. The van der Waals surface area contributed by atoms with Crippen molar-refractivity contribution in [3.63, 3.8) is 0 Å². The number of aromatic nitrogens is 1. The molecule has 2 rings (SSSR count). The van der Waals surface area contributed by atoms with Crippen LogP contribution in [0.15, 0.2) is 29.6 Å². The molecular formula is C15H17N2O3S-.